The quantitative estimate of drug-likeness (QED) is 0.410. The van der Waals surface area contributed by atoms with E-state index in [0.717, 1.165) is 25.0 Å². The number of aromatic nitrogens is 3. The molecule has 2 aromatic carbocycles. The Hall–Kier alpha value is -3.70. The Labute approximate surface area is 213 Å². The molecule has 1 aliphatic heterocycles. The first-order valence-electron chi connectivity index (χ1n) is 11.8. The number of anilines is 1. The number of nitrogens with zero attached hydrogens (tertiary/aromatic N) is 4. The van der Waals surface area contributed by atoms with Crippen LogP contribution < -0.4 is 5.32 Å². The number of rotatable bonds is 5. The summed E-state index contributed by atoms with van der Waals surface area (Å²) in [5.41, 5.74) is 2.77. The summed E-state index contributed by atoms with van der Waals surface area (Å²) in [6.07, 6.45) is 1.61. The molecule has 0 unspecified atom stereocenters. The molecule has 1 N–H and O–H groups in total. The molecular weight excluding hydrogens is 500 g/mol. The average Bonchev–Trinajstić information content (AvgIpc) is 3.50. The van der Waals surface area contributed by atoms with Crippen LogP contribution in [-0.4, -0.2) is 46.3 Å². The molecule has 192 valence electrons. The number of aryl methyl sites for hydroxylation is 3. The minimum atomic E-state index is -3.74. The van der Waals surface area contributed by atoms with Crippen molar-refractivity contribution in [2.45, 2.75) is 38.5 Å². The molecule has 0 saturated carbocycles. The Morgan fingerprint density at radius 1 is 1.00 bits per heavy atom. The van der Waals surface area contributed by atoms with Gasteiger partial charge in [0.05, 0.1) is 16.1 Å². The Kier molecular flexibility index (Phi) is 6.28. The number of fused-ring (bicyclic) bond motifs is 1. The second kappa shape index (κ2) is 9.31. The van der Waals surface area contributed by atoms with Crippen LogP contribution >= 0.6 is 0 Å². The van der Waals surface area contributed by atoms with Crippen molar-refractivity contribution in [1.29, 1.82) is 0 Å². The van der Waals surface area contributed by atoms with Gasteiger partial charge in [-0.3, -0.25) is 4.79 Å². The summed E-state index contributed by atoms with van der Waals surface area (Å²) >= 11 is 0. The van der Waals surface area contributed by atoms with Gasteiger partial charge in [0.25, 0.3) is 5.91 Å². The third kappa shape index (κ3) is 4.49. The number of halogens is 2. The van der Waals surface area contributed by atoms with E-state index in [9.17, 15) is 22.0 Å². The Balaban J connectivity index is 1.69. The molecule has 0 bridgehead atoms. The zero-order chi connectivity index (χ0) is 26.5. The van der Waals surface area contributed by atoms with Crippen molar-refractivity contribution in [3.63, 3.8) is 0 Å². The maximum Gasteiger partial charge on any atom is 0.276 e. The van der Waals surface area contributed by atoms with Gasteiger partial charge in [0.2, 0.25) is 10.0 Å². The lowest BCUT2D eigenvalue weighted by Gasteiger charge is -2.18. The van der Waals surface area contributed by atoms with E-state index >= 15 is 0 Å². The number of hydrogen-bond donors (Lipinski definition) is 1. The first-order valence-corrected chi connectivity index (χ1v) is 13.2. The highest BCUT2D eigenvalue weighted by atomic mass is 32.2. The molecule has 8 nitrogen and oxygen atoms in total. The summed E-state index contributed by atoms with van der Waals surface area (Å²) in [7, 11) is -3.74. The fraction of sp³-hybridized carbons (Fsp3) is 0.269. The molecule has 0 atom stereocenters. The van der Waals surface area contributed by atoms with Gasteiger partial charge in [-0.25, -0.2) is 26.7 Å². The highest BCUT2D eigenvalue weighted by molar-refractivity contribution is 7.89. The molecule has 0 aliphatic carbocycles. The molecular formula is C26H25F2N5O3S. The van der Waals surface area contributed by atoms with Gasteiger partial charge in [0, 0.05) is 30.5 Å². The van der Waals surface area contributed by atoms with E-state index in [0.29, 0.717) is 52.9 Å². The maximum atomic E-state index is 14.3. The van der Waals surface area contributed by atoms with Crippen LogP contribution in [0, 0.1) is 32.4 Å². The Morgan fingerprint density at radius 3 is 2.43 bits per heavy atom. The monoisotopic (exact) mass is 525 g/mol. The van der Waals surface area contributed by atoms with Gasteiger partial charge in [-0.05, 0) is 69.0 Å². The predicted molar refractivity (Wildman–Crippen MR) is 135 cm³/mol. The average molecular weight is 526 g/mol. The summed E-state index contributed by atoms with van der Waals surface area (Å²) in [6, 6.07) is 9.56. The minimum Gasteiger partial charge on any atom is -0.318 e. The molecule has 37 heavy (non-hydrogen) atoms. The molecule has 2 aromatic heterocycles. The van der Waals surface area contributed by atoms with Gasteiger partial charge < -0.3 is 5.32 Å². The first-order chi connectivity index (χ1) is 17.6. The number of hydrogen-bond acceptors (Lipinski definition) is 5. The van der Waals surface area contributed by atoms with Crippen LogP contribution in [0.25, 0.3) is 16.8 Å². The molecule has 1 saturated heterocycles. The van der Waals surface area contributed by atoms with Gasteiger partial charge in [0.15, 0.2) is 11.3 Å². The number of benzene rings is 2. The van der Waals surface area contributed by atoms with Crippen LogP contribution in [0.3, 0.4) is 0 Å². The number of carbonyl (C=O) groups is 1. The van der Waals surface area contributed by atoms with Crippen LogP contribution in [0.15, 0.2) is 47.4 Å². The van der Waals surface area contributed by atoms with Crippen LogP contribution in [-0.2, 0) is 10.0 Å². The van der Waals surface area contributed by atoms with Crippen molar-refractivity contribution in [3.8, 4) is 11.1 Å². The molecule has 11 heteroatoms. The fourth-order valence-electron chi connectivity index (χ4n) is 4.62. The van der Waals surface area contributed by atoms with Crippen LogP contribution in [0.4, 0.5) is 14.5 Å². The molecule has 0 radical (unpaired) electrons. The summed E-state index contributed by atoms with van der Waals surface area (Å²) < 4.78 is 57.4. The lowest BCUT2D eigenvalue weighted by atomic mass is 10.0. The van der Waals surface area contributed by atoms with Crippen LogP contribution in [0.2, 0.25) is 0 Å². The maximum absolute atomic E-state index is 14.3. The van der Waals surface area contributed by atoms with Gasteiger partial charge in [-0.2, -0.15) is 9.40 Å². The molecule has 3 heterocycles. The van der Waals surface area contributed by atoms with E-state index in [2.05, 4.69) is 15.4 Å². The Bertz CT molecular complexity index is 1660. The molecule has 1 fully saturated rings. The summed E-state index contributed by atoms with van der Waals surface area (Å²) in [6.45, 7) is 6.24. The van der Waals surface area contributed by atoms with Crippen molar-refractivity contribution < 1.29 is 22.0 Å². The smallest absolute Gasteiger partial charge is 0.276 e. The third-order valence-electron chi connectivity index (χ3n) is 6.45. The molecule has 5 rings (SSSR count). The Morgan fingerprint density at radius 2 is 1.73 bits per heavy atom. The topological polar surface area (TPSA) is 96.7 Å². The summed E-state index contributed by atoms with van der Waals surface area (Å²) in [4.78, 5) is 18.1. The zero-order valence-corrected chi connectivity index (χ0v) is 21.4. The van der Waals surface area contributed by atoms with Crippen LogP contribution in [0.5, 0.6) is 0 Å². The number of amides is 1. The minimum absolute atomic E-state index is 0.0710. The molecule has 1 aliphatic rings. The normalized spacial score (nSPS) is 14.4. The van der Waals surface area contributed by atoms with E-state index in [1.807, 2.05) is 0 Å². The lowest BCUT2D eigenvalue weighted by molar-refractivity contribution is 0.102. The van der Waals surface area contributed by atoms with E-state index in [1.165, 1.54) is 14.9 Å². The van der Waals surface area contributed by atoms with E-state index in [1.54, 1.807) is 39.0 Å². The molecule has 1 amide bonds. The van der Waals surface area contributed by atoms with E-state index in [-0.39, 0.29) is 16.3 Å². The van der Waals surface area contributed by atoms with Crippen molar-refractivity contribution >= 4 is 27.3 Å². The largest absolute Gasteiger partial charge is 0.318 e. The second-order valence-electron chi connectivity index (χ2n) is 9.17. The zero-order valence-electron chi connectivity index (χ0n) is 20.5. The van der Waals surface area contributed by atoms with E-state index in [4.69, 9.17) is 0 Å². The second-order valence-corrected chi connectivity index (χ2v) is 11.1. The van der Waals surface area contributed by atoms with Crippen molar-refractivity contribution in [2.24, 2.45) is 0 Å². The van der Waals surface area contributed by atoms with E-state index < -0.39 is 27.6 Å². The third-order valence-corrected chi connectivity index (χ3v) is 8.49. The van der Waals surface area contributed by atoms with Crippen molar-refractivity contribution in [2.75, 3.05) is 18.4 Å². The highest BCUT2D eigenvalue weighted by Crippen LogP contribution is 2.33. The molecule has 0 spiro atoms. The van der Waals surface area contributed by atoms with Crippen LogP contribution in [0.1, 0.15) is 40.3 Å². The highest BCUT2D eigenvalue weighted by Gasteiger charge is 2.30. The van der Waals surface area contributed by atoms with Gasteiger partial charge in [-0.1, -0.05) is 12.1 Å². The lowest BCUT2D eigenvalue weighted by Crippen LogP contribution is -2.28. The van der Waals surface area contributed by atoms with Gasteiger partial charge in [-0.15, -0.1) is 0 Å². The van der Waals surface area contributed by atoms with Gasteiger partial charge in [0.1, 0.15) is 11.6 Å². The van der Waals surface area contributed by atoms with Crippen molar-refractivity contribution in [1.82, 2.24) is 18.9 Å². The predicted octanol–water partition coefficient (Wildman–Crippen LogP) is 4.64. The number of carbonyl (C=O) groups excluding carboxylic acids is 1. The van der Waals surface area contributed by atoms with Gasteiger partial charge >= 0.3 is 0 Å². The summed E-state index contributed by atoms with van der Waals surface area (Å²) in [5.74, 6) is -2.45. The fourth-order valence-corrected chi connectivity index (χ4v) is 6.39. The first kappa shape index (κ1) is 25.0. The molecule has 4 aromatic rings. The standard InChI is InChI=1S/C26H25F2N5O3S/c1-15-6-7-18(13-22(15)37(35,36)32-10-4-5-11-32)23-24(31-33-17(3)12-16(2)29-25(23)33)26(34)30-21-9-8-19(27)14-20(21)28/h6-9,12-14H,4-5,10-11H2,1-3H3,(H,30,34). The SMILES string of the molecule is Cc1cc(C)n2nc(C(=O)Nc3ccc(F)cc3F)c(-c3ccc(C)c(S(=O)(=O)N4CCCC4)c3)c2n1. The van der Waals surface area contributed by atoms with Crippen molar-refractivity contribution in [3.05, 3.63) is 76.7 Å². The summed E-state index contributed by atoms with van der Waals surface area (Å²) in [5, 5.41) is 6.90. The number of sulfonamides is 1. The number of nitrogens with one attached hydrogen (secondary N) is 1.